The molecule has 0 saturated carbocycles. The Balaban J connectivity index is 2.94. The summed E-state index contributed by atoms with van der Waals surface area (Å²) < 4.78 is 5.18. The zero-order valence-corrected chi connectivity index (χ0v) is 10.2. The molecular formula is C12H15N3O2. The highest BCUT2D eigenvalue weighted by atomic mass is 16.5. The third-order valence-corrected chi connectivity index (χ3v) is 2.54. The zero-order chi connectivity index (χ0) is 12.8. The fourth-order valence-electron chi connectivity index (χ4n) is 1.64. The van der Waals surface area contributed by atoms with E-state index in [1.165, 1.54) is 0 Å². The Morgan fingerprint density at radius 3 is 2.71 bits per heavy atom. The van der Waals surface area contributed by atoms with Crippen molar-refractivity contribution in [3.8, 4) is 5.75 Å². The highest BCUT2D eigenvalue weighted by molar-refractivity contribution is 5.98. The van der Waals surface area contributed by atoms with Gasteiger partial charge in [-0.1, -0.05) is 5.11 Å². The van der Waals surface area contributed by atoms with E-state index in [0.29, 0.717) is 5.56 Å². The average molecular weight is 233 g/mol. The summed E-state index contributed by atoms with van der Waals surface area (Å²) in [6, 6.07) is 3.66. The average Bonchev–Trinajstić information content (AvgIpc) is 2.31. The van der Waals surface area contributed by atoms with Crippen LogP contribution in [0.5, 0.6) is 5.75 Å². The lowest BCUT2D eigenvalue weighted by molar-refractivity contribution is 0.0984. The molecule has 0 fully saturated rings. The normalized spacial score (nSPS) is 9.59. The Morgan fingerprint density at radius 1 is 1.41 bits per heavy atom. The summed E-state index contributed by atoms with van der Waals surface area (Å²) in [6.45, 7) is 3.95. The highest BCUT2D eigenvalue weighted by Gasteiger charge is 2.11. The molecule has 90 valence electrons. The first kappa shape index (κ1) is 13.1. The maximum absolute atomic E-state index is 11.9. The number of Topliss-reactive ketones (excluding diaryl/α,β-unsaturated/α-hetero) is 1. The number of ether oxygens (including phenoxy) is 1. The van der Waals surface area contributed by atoms with E-state index in [0.717, 1.165) is 16.9 Å². The summed E-state index contributed by atoms with van der Waals surface area (Å²) in [5.41, 5.74) is 10.6. The number of hydrogen-bond donors (Lipinski definition) is 0. The Morgan fingerprint density at radius 2 is 2.12 bits per heavy atom. The van der Waals surface area contributed by atoms with Gasteiger partial charge in [-0.05, 0) is 42.6 Å². The standard InChI is InChI=1S/C12H15N3O2/c1-8-7-12(17-3)9(2)6-10(8)11(16)4-5-14-15-13/h6-7H,4-5H2,1-3H3. The quantitative estimate of drug-likeness (QED) is 0.339. The minimum atomic E-state index is -0.0133. The van der Waals surface area contributed by atoms with Gasteiger partial charge in [0, 0.05) is 23.4 Å². The molecule has 0 aliphatic heterocycles. The van der Waals surface area contributed by atoms with Gasteiger partial charge >= 0.3 is 0 Å². The smallest absolute Gasteiger partial charge is 0.163 e. The van der Waals surface area contributed by atoms with Crippen molar-refractivity contribution in [3.05, 3.63) is 39.3 Å². The Labute approximate surface area is 100 Å². The fraction of sp³-hybridized carbons (Fsp3) is 0.417. The van der Waals surface area contributed by atoms with Crippen LogP contribution in [0, 0.1) is 13.8 Å². The van der Waals surface area contributed by atoms with Crippen LogP contribution in [0.2, 0.25) is 0 Å². The second-order valence-corrected chi connectivity index (χ2v) is 3.76. The van der Waals surface area contributed by atoms with Gasteiger partial charge in [0.15, 0.2) is 5.78 Å². The molecule has 0 spiro atoms. The molecule has 0 aromatic heterocycles. The number of ketones is 1. The Bertz CT molecular complexity index is 477. The molecule has 0 N–H and O–H groups in total. The predicted molar refractivity (Wildman–Crippen MR) is 65.4 cm³/mol. The van der Waals surface area contributed by atoms with Crippen molar-refractivity contribution in [2.75, 3.05) is 13.7 Å². The number of methoxy groups -OCH3 is 1. The largest absolute Gasteiger partial charge is 0.496 e. The number of azide groups is 1. The molecule has 17 heavy (non-hydrogen) atoms. The molecule has 0 aliphatic carbocycles. The lowest BCUT2D eigenvalue weighted by Gasteiger charge is -2.10. The predicted octanol–water partition coefficient (Wildman–Crippen LogP) is 3.20. The van der Waals surface area contributed by atoms with Gasteiger partial charge in [0.25, 0.3) is 0 Å². The number of nitrogens with zero attached hydrogens (tertiary/aromatic N) is 3. The molecule has 0 aliphatic rings. The summed E-state index contributed by atoms with van der Waals surface area (Å²) in [5.74, 6) is 0.759. The number of carbonyl (C=O) groups excluding carboxylic acids is 1. The zero-order valence-electron chi connectivity index (χ0n) is 10.2. The van der Waals surface area contributed by atoms with Gasteiger partial charge in [0.05, 0.1) is 7.11 Å². The summed E-state index contributed by atoms with van der Waals surface area (Å²) in [6.07, 6.45) is 0.233. The SMILES string of the molecule is COc1cc(C)c(C(=O)CCN=[N+]=[N-])cc1C. The van der Waals surface area contributed by atoms with E-state index in [9.17, 15) is 4.79 Å². The number of hydrogen-bond acceptors (Lipinski definition) is 3. The Kier molecular flexibility index (Phi) is 4.55. The molecule has 0 atom stereocenters. The third kappa shape index (κ3) is 3.23. The maximum atomic E-state index is 11.9. The van der Waals surface area contributed by atoms with Crippen LogP contribution in [0.1, 0.15) is 27.9 Å². The number of carbonyl (C=O) groups is 1. The number of rotatable bonds is 5. The first-order chi connectivity index (χ1) is 8.10. The van der Waals surface area contributed by atoms with E-state index in [-0.39, 0.29) is 18.7 Å². The minimum Gasteiger partial charge on any atom is -0.496 e. The number of benzene rings is 1. The molecule has 0 radical (unpaired) electrons. The summed E-state index contributed by atoms with van der Waals surface area (Å²) >= 11 is 0. The van der Waals surface area contributed by atoms with Crippen molar-refractivity contribution in [1.82, 2.24) is 0 Å². The summed E-state index contributed by atoms with van der Waals surface area (Å²) in [5, 5.41) is 3.36. The van der Waals surface area contributed by atoms with Gasteiger partial charge in [0.2, 0.25) is 0 Å². The first-order valence-corrected chi connectivity index (χ1v) is 5.29. The van der Waals surface area contributed by atoms with Crippen LogP contribution >= 0.6 is 0 Å². The number of aryl methyl sites for hydroxylation is 2. The van der Waals surface area contributed by atoms with Crippen molar-refractivity contribution in [2.45, 2.75) is 20.3 Å². The van der Waals surface area contributed by atoms with Crippen LogP contribution < -0.4 is 4.74 Å². The van der Waals surface area contributed by atoms with Crippen LogP contribution in [0.15, 0.2) is 17.2 Å². The third-order valence-electron chi connectivity index (χ3n) is 2.54. The fourth-order valence-corrected chi connectivity index (χ4v) is 1.64. The first-order valence-electron chi connectivity index (χ1n) is 5.29. The monoisotopic (exact) mass is 233 g/mol. The molecule has 0 bridgehead atoms. The van der Waals surface area contributed by atoms with E-state index >= 15 is 0 Å². The van der Waals surface area contributed by atoms with Crippen LogP contribution in [-0.4, -0.2) is 19.4 Å². The van der Waals surface area contributed by atoms with Crippen LogP contribution in [0.3, 0.4) is 0 Å². The van der Waals surface area contributed by atoms with E-state index in [1.54, 1.807) is 7.11 Å². The van der Waals surface area contributed by atoms with Gasteiger partial charge in [-0.15, -0.1) is 0 Å². The maximum Gasteiger partial charge on any atom is 0.163 e. The minimum absolute atomic E-state index is 0.0133. The van der Waals surface area contributed by atoms with E-state index < -0.39 is 0 Å². The van der Waals surface area contributed by atoms with Crippen molar-refractivity contribution in [2.24, 2.45) is 5.11 Å². The van der Waals surface area contributed by atoms with E-state index in [1.807, 2.05) is 26.0 Å². The van der Waals surface area contributed by atoms with E-state index in [4.69, 9.17) is 10.3 Å². The lowest BCUT2D eigenvalue weighted by Crippen LogP contribution is -2.04. The van der Waals surface area contributed by atoms with Gasteiger partial charge in [-0.2, -0.15) is 0 Å². The molecule has 5 nitrogen and oxygen atoms in total. The van der Waals surface area contributed by atoms with Crippen molar-refractivity contribution in [1.29, 1.82) is 0 Å². The molecule has 1 rings (SSSR count). The van der Waals surface area contributed by atoms with Gasteiger partial charge in [-0.3, -0.25) is 4.79 Å². The Hall–Kier alpha value is -2.00. The van der Waals surface area contributed by atoms with Crippen LogP contribution in [0.4, 0.5) is 0 Å². The molecule has 0 amide bonds. The molecule has 0 saturated heterocycles. The van der Waals surface area contributed by atoms with Gasteiger partial charge in [-0.25, -0.2) is 0 Å². The molecule has 1 aromatic carbocycles. The van der Waals surface area contributed by atoms with Gasteiger partial charge < -0.3 is 4.74 Å². The molecular weight excluding hydrogens is 218 g/mol. The molecule has 0 heterocycles. The second kappa shape index (κ2) is 5.92. The molecule has 0 unspecified atom stereocenters. The van der Waals surface area contributed by atoms with Crippen molar-refractivity contribution < 1.29 is 9.53 Å². The van der Waals surface area contributed by atoms with Crippen LogP contribution in [0.25, 0.3) is 10.4 Å². The molecule has 5 heteroatoms. The van der Waals surface area contributed by atoms with E-state index in [2.05, 4.69) is 10.0 Å². The van der Waals surface area contributed by atoms with Crippen molar-refractivity contribution >= 4 is 5.78 Å². The second-order valence-electron chi connectivity index (χ2n) is 3.76. The lowest BCUT2D eigenvalue weighted by atomic mass is 9.99. The molecule has 1 aromatic rings. The highest BCUT2D eigenvalue weighted by Crippen LogP contribution is 2.23. The summed E-state index contributed by atoms with van der Waals surface area (Å²) in [4.78, 5) is 14.5. The van der Waals surface area contributed by atoms with Gasteiger partial charge in [0.1, 0.15) is 5.75 Å². The van der Waals surface area contributed by atoms with Crippen LogP contribution in [-0.2, 0) is 0 Å². The van der Waals surface area contributed by atoms with Crippen molar-refractivity contribution in [3.63, 3.8) is 0 Å². The topological polar surface area (TPSA) is 75.1 Å². The summed E-state index contributed by atoms with van der Waals surface area (Å²) in [7, 11) is 1.60.